The molecule has 34 heavy (non-hydrogen) atoms. The standard InChI is InChI=1S/C26H40N2O6/c1-8-11-17(5)27(12-9-2)23(31)21-26-14-16(4)25(7,34-26)20(24(32)33-13-10-3)19(26)22(30)28(21)18(6)15-29/h9-10,16-21,29H,2-3,8,11-15H2,1,4-7H3/t16?,17?,18-,19+,20+,21?,25-,26?/m1/s1. The fourth-order valence-electron chi connectivity index (χ4n) is 6.46. The molecular weight excluding hydrogens is 436 g/mol. The average molecular weight is 477 g/mol. The van der Waals surface area contributed by atoms with Crippen molar-refractivity contribution in [1.29, 1.82) is 0 Å². The second kappa shape index (κ2) is 9.82. The number of carbonyl (C=O) groups is 3. The van der Waals surface area contributed by atoms with Crippen LogP contribution in [-0.4, -0.2) is 81.8 Å². The number of aliphatic hydroxyl groups excluding tert-OH is 1. The average Bonchev–Trinajstić information content (AvgIpc) is 3.31. The number of fused-ring (bicyclic) bond motifs is 1. The summed E-state index contributed by atoms with van der Waals surface area (Å²) in [7, 11) is 0. The van der Waals surface area contributed by atoms with Crippen molar-refractivity contribution in [2.75, 3.05) is 19.8 Å². The maximum atomic E-state index is 14.2. The largest absolute Gasteiger partial charge is 0.461 e. The van der Waals surface area contributed by atoms with E-state index in [9.17, 15) is 19.5 Å². The van der Waals surface area contributed by atoms with Crippen molar-refractivity contribution in [3.8, 4) is 0 Å². The van der Waals surface area contributed by atoms with Crippen LogP contribution in [0.2, 0.25) is 0 Å². The lowest BCUT2D eigenvalue weighted by Gasteiger charge is -2.40. The highest BCUT2D eigenvalue weighted by atomic mass is 16.6. The zero-order chi connectivity index (χ0) is 25.4. The molecule has 1 N–H and O–H groups in total. The molecule has 2 bridgehead atoms. The summed E-state index contributed by atoms with van der Waals surface area (Å²) in [6.07, 6.45) is 5.35. The Balaban J connectivity index is 2.13. The summed E-state index contributed by atoms with van der Waals surface area (Å²) in [5.74, 6) is -2.83. The number of rotatable bonds is 11. The van der Waals surface area contributed by atoms with Gasteiger partial charge in [0.2, 0.25) is 11.8 Å². The van der Waals surface area contributed by atoms with Gasteiger partial charge in [0, 0.05) is 12.6 Å². The van der Waals surface area contributed by atoms with E-state index in [1.54, 1.807) is 17.9 Å². The predicted octanol–water partition coefficient (Wildman–Crippen LogP) is 2.31. The Hall–Kier alpha value is -2.19. The molecule has 3 aliphatic heterocycles. The Morgan fingerprint density at radius 2 is 2.03 bits per heavy atom. The molecule has 3 heterocycles. The van der Waals surface area contributed by atoms with E-state index in [0.29, 0.717) is 13.0 Å². The second-order valence-electron chi connectivity index (χ2n) is 10.3. The number of hydrogen-bond donors (Lipinski definition) is 1. The molecule has 0 radical (unpaired) electrons. The summed E-state index contributed by atoms with van der Waals surface area (Å²) in [5.41, 5.74) is -2.08. The molecule has 4 unspecified atom stereocenters. The summed E-state index contributed by atoms with van der Waals surface area (Å²) in [5, 5.41) is 9.99. The molecule has 190 valence electrons. The van der Waals surface area contributed by atoms with Gasteiger partial charge in [0.25, 0.3) is 0 Å². The maximum Gasteiger partial charge on any atom is 0.313 e. The summed E-state index contributed by atoms with van der Waals surface area (Å²) in [6.45, 7) is 17.1. The molecule has 1 spiro atoms. The van der Waals surface area contributed by atoms with Crippen LogP contribution in [0.5, 0.6) is 0 Å². The molecule has 0 aromatic carbocycles. The Bertz CT molecular complexity index is 845. The van der Waals surface area contributed by atoms with Crippen LogP contribution < -0.4 is 0 Å². The predicted molar refractivity (Wildman–Crippen MR) is 128 cm³/mol. The molecule has 3 aliphatic rings. The van der Waals surface area contributed by atoms with E-state index in [1.807, 2.05) is 20.8 Å². The highest BCUT2D eigenvalue weighted by Crippen LogP contribution is 2.65. The molecule has 3 saturated heterocycles. The van der Waals surface area contributed by atoms with Crippen LogP contribution in [-0.2, 0) is 23.9 Å². The van der Waals surface area contributed by atoms with Gasteiger partial charge in [-0.25, -0.2) is 0 Å². The van der Waals surface area contributed by atoms with Crippen LogP contribution >= 0.6 is 0 Å². The molecule has 3 rings (SSSR count). The molecule has 8 nitrogen and oxygen atoms in total. The van der Waals surface area contributed by atoms with Crippen LogP contribution in [0.3, 0.4) is 0 Å². The van der Waals surface area contributed by atoms with E-state index in [2.05, 4.69) is 20.1 Å². The number of esters is 1. The molecule has 0 aromatic heterocycles. The minimum absolute atomic E-state index is 0.0362. The van der Waals surface area contributed by atoms with Gasteiger partial charge in [0.05, 0.1) is 24.2 Å². The molecule has 8 heteroatoms. The molecule has 3 fully saturated rings. The molecule has 0 aromatic rings. The number of likely N-dealkylation sites (tertiary alicyclic amines) is 1. The molecule has 0 saturated carbocycles. The molecular formula is C26H40N2O6. The molecule has 8 atom stereocenters. The van der Waals surface area contributed by atoms with Gasteiger partial charge in [-0.2, -0.15) is 0 Å². The van der Waals surface area contributed by atoms with Gasteiger partial charge in [0.1, 0.15) is 24.2 Å². The second-order valence-corrected chi connectivity index (χ2v) is 10.3. The maximum absolute atomic E-state index is 14.2. The number of hydrogen-bond acceptors (Lipinski definition) is 6. The van der Waals surface area contributed by atoms with Gasteiger partial charge in [-0.15, -0.1) is 6.58 Å². The fourth-order valence-corrected chi connectivity index (χ4v) is 6.46. The molecule has 2 amide bonds. The van der Waals surface area contributed by atoms with Crippen LogP contribution in [0.1, 0.15) is 53.9 Å². The zero-order valence-corrected chi connectivity index (χ0v) is 21.2. The third-order valence-corrected chi connectivity index (χ3v) is 8.17. The first kappa shape index (κ1) is 26.4. The highest BCUT2D eigenvalue weighted by Gasteiger charge is 2.80. The lowest BCUT2D eigenvalue weighted by Crippen LogP contribution is -2.59. The SMILES string of the molecule is C=CCOC(=O)[C@@H]1[C@H]2C(=O)N([C@H](C)CO)C(C(=O)N(CC=C)C(C)CCC)C23CC(C)[C@@]1(C)O3. The van der Waals surface area contributed by atoms with Crippen molar-refractivity contribution >= 4 is 17.8 Å². The fraction of sp³-hybridized carbons (Fsp3) is 0.731. The quantitative estimate of drug-likeness (QED) is 0.363. The Labute approximate surface area is 202 Å². The third kappa shape index (κ3) is 3.79. The monoisotopic (exact) mass is 476 g/mol. The van der Waals surface area contributed by atoms with Crippen LogP contribution in [0.25, 0.3) is 0 Å². The van der Waals surface area contributed by atoms with Crippen molar-refractivity contribution in [1.82, 2.24) is 9.80 Å². The van der Waals surface area contributed by atoms with Gasteiger partial charge in [0.15, 0.2) is 0 Å². The van der Waals surface area contributed by atoms with Gasteiger partial charge in [-0.05, 0) is 39.5 Å². The minimum Gasteiger partial charge on any atom is -0.461 e. The highest BCUT2D eigenvalue weighted by molar-refractivity contribution is 5.99. The van der Waals surface area contributed by atoms with Crippen molar-refractivity contribution in [2.45, 2.75) is 83.2 Å². The first-order chi connectivity index (χ1) is 16.0. The minimum atomic E-state index is -1.16. The van der Waals surface area contributed by atoms with E-state index in [4.69, 9.17) is 9.47 Å². The van der Waals surface area contributed by atoms with Crippen molar-refractivity contribution < 1.29 is 29.0 Å². The Morgan fingerprint density at radius 1 is 1.35 bits per heavy atom. The first-order valence-electron chi connectivity index (χ1n) is 12.4. The van der Waals surface area contributed by atoms with Gasteiger partial charge >= 0.3 is 5.97 Å². The van der Waals surface area contributed by atoms with Crippen molar-refractivity contribution in [2.24, 2.45) is 17.8 Å². The van der Waals surface area contributed by atoms with Gasteiger partial charge in [-0.3, -0.25) is 14.4 Å². The molecule has 0 aliphatic carbocycles. The van der Waals surface area contributed by atoms with E-state index in [-0.39, 0.29) is 37.0 Å². The smallest absolute Gasteiger partial charge is 0.313 e. The topological polar surface area (TPSA) is 96.4 Å². The number of aliphatic hydroxyl groups is 1. The zero-order valence-electron chi connectivity index (χ0n) is 21.2. The van der Waals surface area contributed by atoms with Gasteiger partial charge < -0.3 is 24.4 Å². The summed E-state index contributed by atoms with van der Waals surface area (Å²) in [6, 6.07) is -1.61. The number of ether oxygens (including phenoxy) is 2. The lowest BCUT2D eigenvalue weighted by atomic mass is 9.62. The summed E-state index contributed by atoms with van der Waals surface area (Å²) < 4.78 is 12.1. The van der Waals surface area contributed by atoms with Crippen LogP contribution in [0, 0.1) is 17.8 Å². The number of carbonyl (C=O) groups excluding carboxylic acids is 3. The third-order valence-electron chi connectivity index (χ3n) is 8.17. The summed E-state index contributed by atoms with van der Waals surface area (Å²) >= 11 is 0. The van der Waals surface area contributed by atoms with Crippen molar-refractivity contribution in [3.05, 3.63) is 25.3 Å². The van der Waals surface area contributed by atoms with E-state index in [0.717, 1.165) is 12.8 Å². The Morgan fingerprint density at radius 3 is 2.59 bits per heavy atom. The van der Waals surface area contributed by atoms with Crippen LogP contribution in [0.4, 0.5) is 0 Å². The first-order valence-corrected chi connectivity index (χ1v) is 12.4. The summed E-state index contributed by atoms with van der Waals surface area (Å²) in [4.78, 5) is 44.5. The Kier molecular flexibility index (Phi) is 7.63. The van der Waals surface area contributed by atoms with E-state index >= 15 is 0 Å². The van der Waals surface area contributed by atoms with E-state index in [1.165, 1.54) is 11.0 Å². The van der Waals surface area contributed by atoms with Crippen molar-refractivity contribution in [3.63, 3.8) is 0 Å². The number of nitrogens with zero attached hydrogens (tertiary/aromatic N) is 2. The number of amides is 2. The normalized spacial score (nSPS) is 35.6. The van der Waals surface area contributed by atoms with E-state index < -0.39 is 41.1 Å². The van der Waals surface area contributed by atoms with Gasteiger partial charge in [-0.1, -0.05) is 39.0 Å². The van der Waals surface area contributed by atoms with Crippen LogP contribution in [0.15, 0.2) is 25.3 Å². The lowest BCUT2D eigenvalue weighted by molar-refractivity contribution is -0.163.